The van der Waals surface area contributed by atoms with Crippen molar-refractivity contribution in [2.45, 2.75) is 77.9 Å². The molecule has 29 heavy (non-hydrogen) atoms. The number of hydrogen-bond donors (Lipinski definition) is 1. The predicted molar refractivity (Wildman–Crippen MR) is 113 cm³/mol. The first kappa shape index (κ1) is 20.0. The maximum absolute atomic E-state index is 13.5. The van der Waals surface area contributed by atoms with Gasteiger partial charge in [0.2, 0.25) is 5.91 Å². The molecule has 1 N–H and O–H groups in total. The third-order valence-electron chi connectivity index (χ3n) is 6.82. The number of hydrogen-bond acceptors (Lipinski definition) is 3. The molecule has 0 saturated heterocycles. The SMILES string of the molecule is CC(C)CCN1C(=O)c2cc3occc3n2CC1(C)C(=O)NC1CCC(C)CC1. The van der Waals surface area contributed by atoms with E-state index >= 15 is 0 Å². The second-order valence-electron chi connectivity index (χ2n) is 9.63. The van der Waals surface area contributed by atoms with Gasteiger partial charge in [-0.1, -0.05) is 20.8 Å². The van der Waals surface area contributed by atoms with Crippen LogP contribution >= 0.6 is 0 Å². The van der Waals surface area contributed by atoms with Crippen LogP contribution in [0.2, 0.25) is 0 Å². The molecule has 2 aromatic rings. The molecule has 0 spiro atoms. The average molecular weight is 400 g/mol. The van der Waals surface area contributed by atoms with Crippen LogP contribution < -0.4 is 5.32 Å². The number of nitrogens with one attached hydrogen (secondary N) is 1. The monoisotopic (exact) mass is 399 g/mol. The zero-order valence-electron chi connectivity index (χ0n) is 18.0. The van der Waals surface area contributed by atoms with Gasteiger partial charge in [0.1, 0.15) is 11.2 Å². The molecule has 6 heteroatoms. The van der Waals surface area contributed by atoms with Gasteiger partial charge in [-0.2, -0.15) is 0 Å². The van der Waals surface area contributed by atoms with Crippen LogP contribution in [-0.2, 0) is 11.3 Å². The molecule has 1 atom stereocenters. The van der Waals surface area contributed by atoms with Gasteiger partial charge in [0, 0.05) is 24.7 Å². The van der Waals surface area contributed by atoms with Crippen molar-refractivity contribution in [3.63, 3.8) is 0 Å². The number of aromatic nitrogens is 1. The predicted octanol–water partition coefficient (Wildman–Crippen LogP) is 4.19. The fourth-order valence-electron chi connectivity index (χ4n) is 4.76. The molecule has 0 radical (unpaired) electrons. The van der Waals surface area contributed by atoms with Crippen molar-refractivity contribution in [3.05, 3.63) is 24.1 Å². The van der Waals surface area contributed by atoms with Crippen LogP contribution in [0.5, 0.6) is 0 Å². The summed E-state index contributed by atoms with van der Waals surface area (Å²) in [4.78, 5) is 28.8. The molecule has 1 fully saturated rings. The van der Waals surface area contributed by atoms with Crippen molar-refractivity contribution >= 4 is 22.9 Å². The summed E-state index contributed by atoms with van der Waals surface area (Å²) < 4.78 is 7.47. The Morgan fingerprint density at radius 2 is 2.03 bits per heavy atom. The smallest absolute Gasteiger partial charge is 0.271 e. The Morgan fingerprint density at radius 1 is 1.31 bits per heavy atom. The van der Waals surface area contributed by atoms with Gasteiger partial charge in [-0.05, 0) is 50.9 Å². The van der Waals surface area contributed by atoms with Crippen LogP contribution in [0.25, 0.3) is 11.1 Å². The van der Waals surface area contributed by atoms with Crippen LogP contribution in [0.3, 0.4) is 0 Å². The number of carbonyl (C=O) groups is 2. The lowest BCUT2D eigenvalue weighted by molar-refractivity contribution is -0.134. The van der Waals surface area contributed by atoms with Crippen molar-refractivity contribution < 1.29 is 14.0 Å². The van der Waals surface area contributed by atoms with Crippen LogP contribution in [0, 0.1) is 11.8 Å². The van der Waals surface area contributed by atoms with E-state index in [1.54, 1.807) is 17.2 Å². The van der Waals surface area contributed by atoms with E-state index in [0.717, 1.165) is 43.5 Å². The Kier molecular flexibility index (Phi) is 5.21. The zero-order chi connectivity index (χ0) is 20.8. The van der Waals surface area contributed by atoms with Gasteiger partial charge in [0.25, 0.3) is 5.91 Å². The molecule has 6 nitrogen and oxygen atoms in total. The van der Waals surface area contributed by atoms with Crippen molar-refractivity contribution in [3.8, 4) is 0 Å². The maximum Gasteiger partial charge on any atom is 0.271 e. The summed E-state index contributed by atoms with van der Waals surface area (Å²) in [5.74, 6) is 1.07. The molecule has 2 amide bonds. The highest BCUT2D eigenvalue weighted by atomic mass is 16.3. The molecule has 1 unspecified atom stereocenters. The van der Waals surface area contributed by atoms with E-state index in [1.807, 2.05) is 17.6 Å². The summed E-state index contributed by atoms with van der Waals surface area (Å²) in [5.41, 5.74) is 1.27. The van der Waals surface area contributed by atoms with Gasteiger partial charge in [-0.25, -0.2) is 0 Å². The largest absolute Gasteiger partial charge is 0.463 e. The van der Waals surface area contributed by atoms with E-state index in [4.69, 9.17) is 4.42 Å². The summed E-state index contributed by atoms with van der Waals surface area (Å²) >= 11 is 0. The Balaban J connectivity index is 1.64. The first-order valence-electron chi connectivity index (χ1n) is 11.0. The minimum absolute atomic E-state index is 0.0369. The Hall–Kier alpha value is -2.24. The lowest BCUT2D eigenvalue weighted by Crippen LogP contribution is -2.65. The van der Waals surface area contributed by atoms with E-state index in [1.165, 1.54) is 0 Å². The molecule has 2 aromatic heterocycles. The number of amides is 2. The number of carbonyl (C=O) groups excluding carboxylic acids is 2. The number of furan rings is 1. The van der Waals surface area contributed by atoms with Crippen LogP contribution in [0.1, 0.15) is 70.3 Å². The minimum Gasteiger partial charge on any atom is -0.463 e. The van der Waals surface area contributed by atoms with Gasteiger partial charge in [-0.3, -0.25) is 9.59 Å². The number of rotatable bonds is 5. The van der Waals surface area contributed by atoms with Gasteiger partial charge in [-0.15, -0.1) is 0 Å². The van der Waals surface area contributed by atoms with Crippen molar-refractivity contribution in [1.29, 1.82) is 0 Å². The van der Waals surface area contributed by atoms with E-state index in [0.29, 0.717) is 30.3 Å². The van der Waals surface area contributed by atoms with Crippen molar-refractivity contribution in [1.82, 2.24) is 14.8 Å². The maximum atomic E-state index is 13.5. The topological polar surface area (TPSA) is 67.5 Å². The second-order valence-corrected chi connectivity index (χ2v) is 9.63. The summed E-state index contributed by atoms with van der Waals surface area (Å²) in [5, 5.41) is 3.28. The first-order valence-corrected chi connectivity index (χ1v) is 11.0. The lowest BCUT2D eigenvalue weighted by Gasteiger charge is -2.45. The zero-order valence-corrected chi connectivity index (χ0v) is 18.0. The van der Waals surface area contributed by atoms with Crippen LogP contribution in [-0.4, -0.2) is 39.4 Å². The second kappa shape index (κ2) is 7.54. The Bertz CT molecular complexity index is 904. The number of nitrogens with zero attached hydrogens (tertiary/aromatic N) is 2. The molecule has 0 aromatic carbocycles. The van der Waals surface area contributed by atoms with Crippen LogP contribution in [0.15, 0.2) is 22.8 Å². The Labute approximate surface area is 172 Å². The molecule has 2 aliphatic rings. The fraction of sp³-hybridized carbons (Fsp3) is 0.652. The number of fused-ring (bicyclic) bond motifs is 3. The molecule has 4 rings (SSSR count). The third kappa shape index (κ3) is 3.58. The van der Waals surface area contributed by atoms with Gasteiger partial charge in [0.15, 0.2) is 5.58 Å². The molecule has 1 saturated carbocycles. The van der Waals surface area contributed by atoms with Gasteiger partial charge < -0.3 is 19.2 Å². The third-order valence-corrected chi connectivity index (χ3v) is 6.82. The summed E-state index contributed by atoms with van der Waals surface area (Å²) in [6.45, 7) is 9.51. The lowest BCUT2D eigenvalue weighted by atomic mass is 9.86. The average Bonchev–Trinajstić information content (AvgIpc) is 3.25. The standard InChI is InChI=1S/C23H33N3O3/c1-15(2)9-11-26-21(27)19-13-20-18(10-12-29-20)25(19)14-23(26,4)22(28)24-17-7-5-16(3)6-8-17/h10,12-13,15-17H,5-9,11,14H2,1-4H3,(H,24,28). The molecular formula is C23H33N3O3. The molecule has 3 heterocycles. The molecular weight excluding hydrogens is 366 g/mol. The quantitative estimate of drug-likeness (QED) is 0.820. The fourth-order valence-corrected chi connectivity index (χ4v) is 4.76. The highest BCUT2D eigenvalue weighted by molar-refractivity contribution is 6.02. The van der Waals surface area contributed by atoms with Crippen molar-refractivity contribution in [2.24, 2.45) is 11.8 Å². The molecule has 0 bridgehead atoms. The van der Waals surface area contributed by atoms with Gasteiger partial charge >= 0.3 is 0 Å². The normalized spacial score (nSPS) is 27.5. The van der Waals surface area contributed by atoms with E-state index in [9.17, 15) is 9.59 Å². The molecule has 1 aliphatic heterocycles. The highest BCUT2D eigenvalue weighted by Crippen LogP contribution is 2.34. The minimum atomic E-state index is -0.911. The van der Waals surface area contributed by atoms with E-state index in [2.05, 4.69) is 26.1 Å². The Morgan fingerprint density at radius 3 is 2.72 bits per heavy atom. The summed E-state index contributed by atoms with van der Waals surface area (Å²) in [7, 11) is 0. The van der Waals surface area contributed by atoms with Crippen LogP contribution in [0.4, 0.5) is 0 Å². The van der Waals surface area contributed by atoms with E-state index in [-0.39, 0.29) is 17.9 Å². The highest BCUT2D eigenvalue weighted by Gasteiger charge is 2.48. The molecule has 1 aliphatic carbocycles. The van der Waals surface area contributed by atoms with Crippen molar-refractivity contribution in [2.75, 3.05) is 6.54 Å². The first-order chi connectivity index (χ1) is 13.8. The molecule has 158 valence electrons. The van der Waals surface area contributed by atoms with Gasteiger partial charge in [0.05, 0.1) is 18.3 Å². The summed E-state index contributed by atoms with van der Waals surface area (Å²) in [6.07, 6.45) is 6.83. The van der Waals surface area contributed by atoms with E-state index < -0.39 is 5.54 Å². The summed E-state index contributed by atoms with van der Waals surface area (Å²) in [6, 6.07) is 3.88.